The number of rotatable bonds is 8. The van der Waals surface area contributed by atoms with Gasteiger partial charge < -0.3 is 79.5 Å². The molecule has 10 N–H and O–H groups in total. The first-order valence-corrected chi connectivity index (χ1v) is 23.7. The molecule has 3 aliphatic heterocycles. The summed E-state index contributed by atoms with van der Waals surface area (Å²) in [5.41, 5.74) is 0.487. The maximum atomic E-state index is 11.6. The van der Waals surface area contributed by atoms with Crippen LogP contribution in [0.15, 0.2) is 11.6 Å². The van der Waals surface area contributed by atoms with Gasteiger partial charge in [-0.2, -0.15) is 0 Å². The first kappa shape index (κ1) is 48.6. The van der Waals surface area contributed by atoms with Crippen molar-refractivity contribution in [1.29, 1.82) is 0 Å². The minimum Gasteiger partial charge on any atom is -0.396 e. The number of ether oxygens (including phenoxy) is 6. The SMILES string of the molecule is CC1OC(OC2C(OC3C(OC4CCC5(C)C(CCC6(C)C5CC=C5C7CC(C)(C)CC(O)C7(C)CCC56C)C4(C)CO)OCC(O)C3O)OC(CO)C(O)C2O)C(O)C(O)C1O. The average molecular weight is 899 g/mol. The van der Waals surface area contributed by atoms with Crippen molar-refractivity contribution in [3.63, 3.8) is 0 Å². The number of hydrogen-bond donors (Lipinski definition) is 10. The van der Waals surface area contributed by atoms with Gasteiger partial charge in [0.25, 0.3) is 0 Å². The van der Waals surface area contributed by atoms with E-state index in [1.807, 2.05) is 0 Å². The Bertz CT molecular complexity index is 1680. The molecule has 0 aromatic heterocycles. The van der Waals surface area contributed by atoms with Gasteiger partial charge in [-0.15, -0.1) is 0 Å². The molecule has 24 unspecified atom stereocenters. The summed E-state index contributed by atoms with van der Waals surface area (Å²) in [4.78, 5) is 0. The second kappa shape index (κ2) is 17.0. The minimum atomic E-state index is -1.81. The highest BCUT2D eigenvalue weighted by Gasteiger charge is 2.69. The Hall–Kier alpha value is -0.900. The first-order valence-electron chi connectivity index (χ1n) is 23.7. The smallest absolute Gasteiger partial charge is 0.187 e. The highest BCUT2D eigenvalue weighted by molar-refractivity contribution is 5.34. The fourth-order valence-corrected chi connectivity index (χ4v) is 14.8. The van der Waals surface area contributed by atoms with E-state index in [1.54, 1.807) is 5.57 Å². The highest BCUT2D eigenvalue weighted by Crippen LogP contribution is 2.76. The molecule has 16 heteroatoms. The van der Waals surface area contributed by atoms with Crippen LogP contribution in [0, 0.1) is 50.2 Å². The molecule has 16 nitrogen and oxygen atoms in total. The fourth-order valence-electron chi connectivity index (χ4n) is 14.8. The molecule has 0 aromatic rings. The molecule has 0 amide bonds. The molecule has 8 aliphatic rings. The summed E-state index contributed by atoms with van der Waals surface area (Å²) in [7, 11) is 0. The minimum absolute atomic E-state index is 0.0102. The molecule has 3 heterocycles. The quantitative estimate of drug-likeness (QED) is 0.122. The van der Waals surface area contributed by atoms with Crippen LogP contribution in [0.5, 0.6) is 0 Å². The predicted molar refractivity (Wildman–Crippen MR) is 224 cm³/mol. The largest absolute Gasteiger partial charge is 0.396 e. The van der Waals surface area contributed by atoms with Crippen LogP contribution in [0.1, 0.15) is 113 Å². The summed E-state index contributed by atoms with van der Waals surface area (Å²) >= 11 is 0. The van der Waals surface area contributed by atoms with Crippen LogP contribution in [0.2, 0.25) is 0 Å². The van der Waals surface area contributed by atoms with Crippen molar-refractivity contribution in [2.75, 3.05) is 19.8 Å². The molecule has 63 heavy (non-hydrogen) atoms. The third-order valence-electron chi connectivity index (χ3n) is 19.1. The van der Waals surface area contributed by atoms with Gasteiger partial charge in [0, 0.05) is 10.8 Å². The molecule has 4 saturated carbocycles. The van der Waals surface area contributed by atoms with E-state index < -0.39 is 104 Å². The molecule has 5 aliphatic carbocycles. The Balaban J connectivity index is 1.04. The van der Waals surface area contributed by atoms with E-state index in [1.165, 1.54) is 6.92 Å². The van der Waals surface area contributed by atoms with Gasteiger partial charge in [0.2, 0.25) is 0 Å². The van der Waals surface area contributed by atoms with Crippen molar-refractivity contribution >= 4 is 0 Å². The van der Waals surface area contributed by atoms with Crippen LogP contribution in [-0.2, 0) is 28.4 Å². The third-order valence-corrected chi connectivity index (χ3v) is 19.1. The molecule has 3 saturated heterocycles. The molecule has 8 rings (SSSR count). The van der Waals surface area contributed by atoms with E-state index in [9.17, 15) is 51.1 Å². The number of fused-ring (bicyclic) bond motifs is 7. The lowest BCUT2D eigenvalue weighted by Crippen LogP contribution is -2.67. The molecule has 7 fully saturated rings. The zero-order chi connectivity index (χ0) is 46.0. The average Bonchev–Trinajstić information content (AvgIpc) is 3.23. The third kappa shape index (κ3) is 7.55. The van der Waals surface area contributed by atoms with Crippen molar-refractivity contribution in [2.24, 2.45) is 50.2 Å². The molecule has 362 valence electrons. The summed E-state index contributed by atoms with van der Waals surface area (Å²) in [6.45, 7) is 16.6. The van der Waals surface area contributed by atoms with Gasteiger partial charge in [0.15, 0.2) is 18.9 Å². The normalized spacial score (nSPS) is 56.9. The van der Waals surface area contributed by atoms with Crippen LogP contribution in [-0.4, -0.2) is 169 Å². The number of allylic oxidation sites excluding steroid dienone is 2. The molecule has 0 aromatic carbocycles. The van der Waals surface area contributed by atoms with E-state index in [-0.39, 0.29) is 52.3 Å². The highest BCUT2D eigenvalue weighted by atomic mass is 16.8. The maximum Gasteiger partial charge on any atom is 0.187 e. The van der Waals surface area contributed by atoms with E-state index in [4.69, 9.17) is 28.4 Å². The van der Waals surface area contributed by atoms with Gasteiger partial charge in [0.1, 0.15) is 61.0 Å². The Kier molecular flexibility index (Phi) is 13.1. The van der Waals surface area contributed by atoms with E-state index in [2.05, 4.69) is 54.5 Å². The molecule has 0 radical (unpaired) electrons. The van der Waals surface area contributed by atoms with Crippen LogP contribution in [0.25, 0.3) is 0 Å². The lowest BCUT2D eigenvalue weighted by atomic mass is 9.33. The summed E-state index contributed by atoms with van der Waals surface area (Å²) in [6, 6.07) is 0. The van der Waals surface area contributed by atoms with Crippen molar-refractivity contribution in [1.82, 2.24) is 0 Å². The molecule has 0 bridgehead atoms. The van der Waals surface area contributed by atoms with Gasteiger partial charge >= 0.3 is 0 Å². The summed E-state index contributed by atoms with van der Waals surface area (Å²) < 4.78 is 36.6. The Morgan fingerprint density at radius 2 is 1.33 bits per heavy atom. The Morgan fingerprint density at radius 3 is 2.02 bits per heavy atom. The predicted octanol–water partition coefficient (Wildman–Crippen LogP) is 1.25. The maximum absolute atomic E-state index is 11.6. The lowest BCUT2D eigenvalue weighted by Gasteiger charge is -2.72. The summed E-state index contributed by atoms with van der Waals surface area (Å²) in [5, 5.41) is 109. The fraction of sp³-hybridized carbons (Fsp3) is 0.957. The Labute approximate surface area is 371 Å². The molecule has 24 atom stereocenters. The second-order valence-corrected chi connectivity index (χ2v) is 23.1. The van der Waals surface area contributed by atoms with Gasteiger partial charge in [-0.25, -0.2) is 0 Å². The van der Waals surface area contributed by atoms with Crippen LogP contribution in [0.3, 0.4) is 0 Å². The van der Waals surface area contributed by atoms with E-state index in [0.717, 1.165) is 51.4 Å². The topological polar surface area (TPSA) is 258 Å². The number of aliphatic hydroxyl groups excluding tert-OH is 10. The molecule has 0 spiro atoms. The first-order chi connectivity index (χ1) is 29.4. The van der Waals surface area contributed by atoms with Crippen molar-refractivity contribution in [3.8, 4) is 0 Å². The molecular weight excluding hydrogens is 821 g/mol. The van der Waals surface area contributed by atoms with Crippen molar-refractivity contribution < 1.29 is 79.5 Å². The summed E-state index contributed by atoms with van der Waals surface area (Å²) in [6.07, 6.45) is -11.9. The van der Waals surface area contributed by atoms with Crippen LogP contribution >= 0.6 is 0 Å². The summed E-state index contributed by atoms with van der Waals surface area (Å²) in [5.74, 6) is 0.703. The monoisotopic (exact) mass is 899 g/mol. The van der Waals surface area contributed by atoms with Gasteiger partial charge in [-0.1, -0.05) is 60.1 Å². The lowest BCUT2D eigenvalue weighted by molar-refractivity contribution is -0.392. The van der Waals surface area contributed by atoms with Gasteiger partial charge in [0.05, 0.1) is 38.1 Å². The van der Waals surface area contributed by atoms with E-state index in [0.29, 0.717) is 18.3 Å². The van der Waals surface area contributed by atoms with E-state index >= 15 is 0 Å². The second-order valence-electron chi connectivity index (χ2n) is 23.1. The number of aliphatic hydroxyl groups is 10. The standard InChI is InChI=1S/C47H78O16/c1-22-31(52)34(55)36(57)39(59-22)62-38-35(56)33(54)26(19-48)60-41(38)63-37-32(53)25(50)20-58-40(37)61-30-12-13-44(5)27(45(30,6)21-49)11-14-47(8)28(44)10-9-23-24-17-42(2,3)18-29(51)43(24,4)15-16-46(23,47)7/h9,22,24-41,48-57H,10-21H2,1-8H3. The van der Waals surface area contributed by atoms with Crippen LogP contribution in [0.4, 0.5) is 0 Å². The van der Waals surface area contributed by atoms with Crippen molar-refractivity contribution in [2.45, 2.75) is 211 Å². The number of hydrogen-bond acceptors (Lipinski definition) is 16. The molecular formula is C47H78O16. The Morgan fingerprint density at radius 1 is 0.651 bits per heavy atom. The van der Waals surface area contributed by atoms with Gasteiger partial charge in [-0.05, 0) is 104 Å². The van der Waals surface area contributed by atoms with Crippen molar-refractivity contribution in [3.05, 3.63) is 11.6 Å². The zero-order valence-corrected chi connectivity index (χ0v) is 38.5. The van der Waals surface area contributed by atoms with Gasteiger partial charge in [-0.3, -0.25) is 0 Å². The zero-order valence-electron chi connectivity index (χ0n) is 38.5. The van der Waals surface area contributed by atoms with Crippen LogP contribution < -0.4 is 0 Å².